The van der Waals surface area contributed by atoms with E-state index in [4.69, 9.17) is 4.42 Å². The van der Waals surface area contributed by atoms with E-state index >= 15 is 0 Å². The highest BCUT2D eigenvalue weighted by Crippen LogP contribution is 2.68. The van der Waals surface area contributed by atoms with Gasteiger partial charge in [0.15, 0.2) is 0 Å². The lowest BCUT2D eigenvalue weighted by molar-refractivity contribution is 0.669. The van der Waals surface area contributed by atoms with Gasteiger partial charge in [-0.15, -0.1) is 11.3 Å². The Morgan fingerprint density at radius 3 is 0.838 bits per heavy atom. The average Bonchev–Trinajstić information content (AvgIpc) is 1.52. The van der Waals surface area contributed by atoms with Crippen molar-refractivity contribution in [1.29, 1.82) is 0 Å². The molecule has 0 saturated carbocycles. The van der Waals surface area contributed by atoms with Crippen molar-refractivity contribution in [2.45, 2.75) is 16.2 Å². The summed E-state index contributed by atoms with van der Waals surface area (Å²) in [6.07, 6.45) is 0. The van der Waals surface area contributed by atoms with Crippen LogP contribution in [0.15, 0.2) is 508 Å². The summed E-state index contributed by atoms with van der Waals surface area (Å²) in [5, 5.41) is 9.92. The first kappa shape index (κ1) is 77.5. The first-order valence-corrected chi connectivity index (χ1v) is 47.9. The van der Waals surface area contributed by atoms with E-state index in [2.05, 4.69) is 506 Å². The van der Waals surface area contributed by atoms with E-state index in [1.54, 1.807) is 0 Å². The number of nitrogens with zero attached hydrogens (tertiary/aromatic N) is 3. The summed E-state index contributed by atoms with van der Waals surface area (Å²) in [5.74, 6) is 0. The Balaban J connectivity index is 0.000000101. The number of hydrogen-bond donors (Lipinski definition) is 0. The fraction of sp³-hybridized carbons (Fsp3) is 0.0229. The minimum Gasteiger partial charge on any atom is -0.456 e. The van der Waals surface area contributed by atoms with Gasteiger partial charge in [0.1, 0.15) is 11.2 Å². The van der Waals surface area contributed by atoms with E-state index in [1.807, 2.05) is 23.5 Å². The van der Waals surface area contributed by atoms with Crippen LogP contribution >= 0.6 is 11.3 Å². The van der Waals surface area contributed by atoms with Crippen molar-refractivity contribution in [2.75, 3.05) is 14.7 Å². The van der Waals surface area contributed by atoms with Gasteiger partial charge in [-0.2, -0.15) is 0 Å². The van der Waals surface area contributed by atoms with Crippen LogP contribution in [0.3, 0.4) is 0 Å². The molecule has 0 atom stereocenters. The second kappa shape index (κ2) is 30.4. The SMILES string of the molecule is c1ccc(N(c2ccc3c(c2)C2(c4ccccc4-c4ccccc42)c2ccccc2-3)c2cc3ccccc3c3ccccc23)cc1.c1ccc(N(c2ccc3c(c2)C2(c4ccccc4-c4ccccc42)c2ccccc2-3)c2ccc3c(c2)oc2ccccc23)cc1.c1ccc(N(c2ccc3c(c2)C2(c4ccccc4-c4ccccc42)c2ccccc2-3)c2ccc3c(c2)sc2ccccc23)cc1. The molecule has 6 aliphatic rings. The standard InChI is InChI=1S/C45H29N.C43H27NO.C43H27NS/c1-2-15-31(16-3-1)46(44-28-30-14-4-5-17-33(30)34-18-6-7-22-39(34)44)32-26-27-38-37-21-10-13-25-42(37)45(43(38)29-32)40-23-11-8-19-35(40)36-20-9-12-24-41(36)45;2*1-2-12-28(13-3-1)44(30-23-25-36-35-17-7-11-21-41(35)45-42(36)27-30)29-22-24-34-33-16-6-10-20-39(33)43(40(34)26-29)37-18-8-4-14-31(37)32-15-5-9-19-38(32)43/h1-29H;2*1-27H. The van der Waals surface area contributed by atoms with Crippen LogP contribution in [-0.4, -0.2) is 0 Å². The lowest BCUT2D eigenvalue weighted by Crippen LogP contribution is -2.26. The third-order valence-corrected chi connectivity index (χ3v) is 31.1. The first-order valence-electron chi connectivity index (χ1n) is 47.1. The molecule has 634 valence electrons. The molecule has 4 nitrogen and oxygen atoms in total. The Morgan fingerprint density at radius 1 is 0.154 bits per heavy atom. The molecule has 0 N–H and O–H groups in total. The molecule has 136 heavy (non-hydrogen) atoms. The van der Waals surface area contributed by atoms with Crippen LogP contribution < -0.4 is 14.7 Å². The summed E-state index contributed by atoms with van der Waals surface area (Å²) in [6.45, 7) is 0. The monoisotopic (exact) mass is 1750 g/mol. The predicted molar refractivity (Wildman–Crippen MR) is 567 cm³/mol. The lowest BCUT2D eigenvalue weighted by atomic mass is 9.70. The van der Waals surface area contributed by atoms with Crippen molar-refractivity contribution >= 4 is 126 Å². The van der Waals surface area contributed by atoms with Crippen molar-refractivity contribution in [3.63, 3.8) is 0 Å². The molecule has 2 heterocycles. The van der Waals surface area contributed by atoms with Gasteiger partial charge in [0, 0.05) is 87.9 Å². The van der Waals surface area contributed by atoms with Crippen LogP contribution in [0, 0.1) is 0 Å². The Hall–Kier alpha value is -17.2. The quantitative estimate of drug-likeness (QED) is 0.134. The van der Waals surface area contributed by atoms with Gasteiger partial charge >= 0.3 is 0 Å². The number of anilines is 9. The van der Waals surface area contributed by atoms with Crippen LogP contribution in [-0.2, 0) is 16.2 Å². The number of furan rings is 1. The fourth-order valence-electron chi connectivity index (χ4n) is 24.6. The molecule has 3 spiro atoms. The van der Waals surface area contributed by atoms with E-state index in [0.717, 1.165) is 67.4 Å². The van der Waals surface area contributed by atoms with Crippen molar-refractivity contribution in [2.24, 2.45) is 0 Å². The number of para-hydroxylation sites is 4. The van der Waals surface area contributed by atoms with Crippen LogP contribution in [0.1, 0.15) is 66.8 Å². The second-order valence-corrected chi connectivity index (χ2v) is 37.7. The number of rotatable bonds is 9. The van der Waals surface area contributed by atoms with Gasteiger partial charge in [0.25, 0.3) is 0 Å². The lowest BCUT2D eigenvalue weighted by Gasteiger charge is -2.32. The average molecular weight is 1750 g/mol. The van der Waals surface area contributed by atoms with Gasteiger partial charge in [-0.05, 0) is 265 Å². The summed E-state index contributed by atoms with van der Waals surface area (Å²) >= 11 is 1.87. The summed E-state index contributed by atoms with van der Waals surface area (Å²) in [5.41, 5.74) is 42.9. The van der Waals surface area contributed by atoms with Crippen molar-refractivity contribution < 1.29 is 4.42 Å². The van der Waals surface area contributed by atoms with Crippen molar-refractivity contribution in [1.82, 2.24) is 0 Å². The summed E-state index contributed by atoms with van der Waals surface area (Å²) in [7, 11) is 0. The topological polar surface area (TPSA) is 22.9 Å². The molecule has 24 aromatic rings. The third-order valence-electron chi connectivity index (χ3n) is 30.0. The summed E-state index contributed by atoms with van der Waals surface area (Å²) in [4.78, 5) is 7.24. The van der Waals surface area contributed by atoms with Crippen molar-refractivity contribution in [3.05, 3.63) is 570 Å². The maximum absolute atomic E-state index is 6.36. The highest BCUT2D eigenvalue weighted by molar-refractivity contribution is 7.25. The van der Waals surface area contributed by atoms with Crippen LogP contribution in [0.4, 0.5) is 51.2 Å². The first-order chi connectivity index (χ1) is 67.5. The molecular weight excluding hydrogens is 1660 g/mol. The maximum atomic E-state index is 6.36. The smallest absolute Gasteiger partial charge is 0.137 e. The maximum Gasteiger partial charge on any atom is 0.137 e. The van der Waals surface area contributed by atoms with E-state index in [-0.39, 0.29) is 16.2 Å². The Labute approximate surface area is 792 Å². The minimum absolute atomic E-state index is 0.368. The van der Waals surface area contributed by atoms with Crippen LogP contribution in [0.5, 0.6) is 0 Å². The Kier molecular flexibility index (Phi) is 17.3. The molecule has 22 aromatic carbocycles. The summed E-state index contributed by atoms with van der Waals surface area (Å²) < 4.78 is 8.99. The Morgan fingerprint density at radius 2 is 0.426 bits per heavy atom. The molecule has 0 unspecified atom stereocenters. The van der Waals surface area contributed by atoms with Gasteiger partial charge < -0.3 is 19.1 Å². The van der Waals surface area contributed by atoms with Gasteiger partial charge in [-0.1, -0.05) is 382 Å². The highest BCUT2D eigenvalue weighted by atomic mass is 32.1. The molecule has 2 aromatic heterocycles. The van der Waals surface area contributed by atoms with Crippen molar-refractivity contribution in [3.8, 4) is 66.8 Å². The molecule has 5 heteroatoms. The molecule has 0 saturated heterocycles. The zero-order valence-electron chi connectivity index (χ0n) is 74.1. The fourth-order valence-corrected chi connectivity index (χ4v) is 25.8. The molecule has 0 fully saturated rings. The van der Waals surface area contributed by atoms with Gasteiger partial charge in [0.05, 0.1) is 21.9 Å². The minimum atomic E-state index is -0.389. The zero-order chi connectivity index (χ0) is 89.3. The molecule has 6 aliphatic carbocycles. The zero-order valence-corrected chi connectivity index (χ0v) is 74.9. The van der Waals surface area contributed by atoms with Crippen LogP contribution in [0.25, 0.3) is 130 Å². The number of hydrogen-bond acceptors (Lipinski definition) is 5. The van der Waals surface area contributed by atoms with E-state index in [1.165, 1.54) is 181 Å². The third kappa shape index (κ3) is 11.1. The highest BCUT2D eigenvalue weighted by Gasteiger charge is 2.55. The second-order valence-electron chi connectivity index (χ2n) is 36.6. The molecule has 0 aliphatic heterocycles. The van der Waals surface area contributed by atoms with Gasteiger partial charge in [-0.25, -0.2) is 0 Å². The Bertz CT molecular complexity index is 8520. The number of fused-ring (bicyclic) bond motifs is 39. The molecular formula is C131H83N3OS. The van der Waals surface area contributed by atoms with Gasteiger partial charge in [0.2, 0.25) is 0 Å². The van der Waals surface area contributed by atoms with Gasteiger partial charge in [-0.3, -0.25) is 0 Å². The van der Waals surface area contributed by atoms with E-state index in [9.17, 15) is 0 Å². The molecule has 0 bridgehead atoms. The van der Waals surface area contributed by atoms with E-state index in [0.29, 0.717) is 0 Å². The number of benzene rings is 22. The molecule has 0 radical (unpaired) electrons. The molecule has 30 rings (SSSR count). The largest absolute Gasteiger partial charge is 0.456 e. The van der Waals surface area contributed by atoms with E-state index < -0.39 is 0 Å². The molecule has 0 amide bonds. The normalized spacial score (nSPS) is 13.5. The predicted octanol–water partition coefficient (Wildman–Crippen LogP) is 35.1. The number of thiophene rings is 1. The van der Waals surface area contributed by atoms with Crippen LogP contribution in [0.2, 0.25) is 0 Å². The summed E-state index contributed by atoms with van der Waals surface area (Å²) in [6, 6.07) is 185.